The lowest BCUT2D eigenvalue weighted by atomic mass is 10.2. The molecule has 3 aromatic rings. The number of nitrogens with one attached hydrogen (secondary N) is 3. The van der Waals surface area contributed by atoms with Crippen LogP contribution < -0.4 is 20.3 Å². The van der Waals surface area contributed by atoms with Gasteiger partial charge in [0.1, 0.15) is 10.6 Å². The van der Waals surface area contributed by atoms with Gasteiger partial charge in [0, 0.05) is 11.3 Å². The van der Waals surface area contributed by atoms with Gasteiger partial charge in [0.25, 0.3) is 15.9 Å². The summed E-state index contributed by atoms with van der Waals surface area (Å²) in [5.41, 5.74) is 4.97. The molecule has 3 aromatic carbocycles. The lowest BCUT2D eigenvalue weighted by Gasteiger charge is -2.14. The summed E-state index contributed by atoms with van der Waals surface area (Å²) in [5.74, 6) is -0.751. The van der Waals surface area contributed by atoms with Crippen molar-refractivity contribution >= 4 is 27.3 Å². The zero-order valence-electron chi connectivity index (χ0n) is 17.5. The minimum atomic E-state index is -4.54. The average Bonchev–Trinajstić information content (AvgIpc) is 2.78. The minimum Gasteiger partial charge on any atom is -0.495 e. The first kappa shape index (κ1) is 23.9. The molecule has 0 saturated heterocycles. The Morgan fingerprint density at radius 1 is 0.939 bits per heavy atom. The summed E-state index contributed by atoms with van der Waals surface area (Å²) in [4.78, 5) is 12.2. The Labute approximate surface area is 188 Å². The number of carbonyl (C=O) groups is 1. The Kier molecular flexibility index (Phi) is 6.82. The van der Waals surface area contributed by atoms with Crippen LogP contribution in [0.25, 0.3) is 0 Å². The second kappa shape index (κ2) is 9.41. The SMILES string of the molecule is COc1ccc(C(=O)NNc2cccc(C(F)(F)F)c2)cc1S(=O)(=O)Nc1ccc(C)cc1. The van der Waals surface area contributed by atoms with Crippen LogP contribution in [0.2, 0.25) is 0 Å². The summed E-state index contributed by atoms with van der Waals surface area (Å²) in [6.45, 7) is 1.86. The summed E-state index contributed by atoms with van der Waals surface area (Å²) in [5, 5.41) is 0. The molecule has 0 aliphatic rings. The fourth-order valence-electron chi connectivity index (χ4n) is 2.83. The smallest absolute Gasteiger partial charge is 0.416 e. The molecule has 0 heterocycles. The van der Waals surface area contributed by atoms with E-state index in [4.69, 9.17) is 4.74 Å². The number of methoxy groups -OCH3 is 1. The Bertz CT molecular complexity index is 1260. The lowest BCUT2D eigenvalue weighted by Crippen LogP contribution is -2.29. The van der Waals surface area contributed by atoms with E-state index in [0.29, 0.717) is 5.69 Å². The molecule has 3 N–H and O–H groups in total. The highest BCUT2D eigenvalue weighted by Crippen LogP contribution is 2.31. The summed E-state index contributed by atoms with van der Waals surface area (Å²) >= 11 is 0. The predicted octanol–water partition coefficient (Wildman–Crippen LogP) is 4.58. The van der Waals surface area contributed by atoms with Crippen molar-refractivity contribution in [1.29, 1.82) is 0 Å². The number of rotatable bonds is 7. The van der Waals surface area contributed by atoms with Gasteiger partial charge in [0.05, 0.1) is 18.4 Å². The molecule has 0 spiro atoms. The van der Waals surface area contributed by atoms with E-state index in [9.17, 15) is 26.4 Å². The molecule has 174 valence electrons. The zero-order chi connectivity index (χ0) is 24.2. The number of amides is 1. The van der Waals surface area contributed by atoms with Crippen molar-refractivity contribution in [1.82, 2.24) is 5.43 Å². The van der Waals surface area contributed by atoms with Gasteiger partial charge in [-0.1, -0.05) is 23.8 Å². The number of alkyl halides is 3. The second-order valence-corrected chi connectivity index (χ2v) is 8.65. The van der Waals surface area contributed by atoms with Gasteiger partial charge in [-0.2, -0.15) is 13.2 Å². The monoisotopic (exact) mass is 479 g/mol. The maximum atomic E-state index is 12.9. The Hall–Kier alpha value is -3.73. The third-order valence-corrected chi connectivity index (χ3v) is 5.93. The van der Waals surface area contributed by atoms with Gasteiger partial charge in [0.15, 0.2) is 0 Å². The molecule has 7 nitrogen and oxygen atoms in total. The first-order chi connectivity index (χ1) is 15.5. The maximum absolute atomic E-state index is 12.9. The van der Waals surface area contributed by atoms with Gasteiger partial charge in [-0.05, 0) is 55.5 Å². The Morgan fingerprint density at radius 3 is 2.27 bits per heavy atom. The van der Waals surface area contributed by atoms with Crippen LogP contribution in [0, 0.1) is 6.92 Å². The van der Waals surface area contributed by atoms with E-state index in [-0.39, 0.29) is 21.9 Å². The molecule has 0 unspecified atom stereocenters. The highest BCUT2D eigenvalue weighted by Gasteiger charge is 2.30. The number of carbonyl (C=O) groups excluding carboxylic acids is 1. The van der Waals surface area contributed by atoms with Crippen LogP contribution >= 0.6 is 0 Å². The van der Waals surface area contributed by atoms with Crippen molar-refractivity contribution in [3.05, 3.63) is 83.4 Å². The maximum Gasteiger partial charge on any atom is 0.416 e. The molecule has 1 amide bonds. The quantitative estimate of drug-likeness (QED) is 0.431. The van der Waals surface area contributed by atoms with Crippen molar-refractivity contribution in [2.45, 2.75) is 18.0 Å². The molecule has 0 aromatic heterocycles. The number of halogens is 3. The number of hydrogen-bond acceptors (Lipinski definition) is 5. The van der Waals surface area contributed by atoms with E-state index in [0.717, 1.165) is 23.8 Å². The van der Waals surface area contributed by atoms with Crippen molar-refractivity contribution in [2.24, 2.45) is 0 Å². The van der Waals surface area contributed by atoms with Gasteiger partial charge >= 0.3 is 6.18 Å². The summed E-state index contributed by atoms with van der Waals surface area (Å²) in [7, 11) is -2.83. The first-order valence-electron chi connectivity index (χ1n) is 9.51. The van der Waals surface area contributed by atoms with Crippen molar-refractivity contribution in [3.8, 4) is 5.75 Å². The third kappa shape index (κ3) is 5.95. The normalized spacial score (nSPS) is 11.5. The standard InChI is InChI=1S/C22H20F3N3O4S/c1-14-6-9-17(10-7-14)28-33(30,31)20-12-15(8-11-19(20)32-2)21(29)27-26-18-5-3-4-16(13-18)22(23,24)25/h3-13,26,28H,1-2H3,(H,27,29). The molecule has 33 heavy (non-hydrogen) atoms. The fourth-order valence-corrected chi connectivity index (χ4v) is 4.09. The molecule has 0 atom stereocenters. The van der Waals surface area contributed by atoms with E-state index in [2.05, 4.69) is 15.6 Å². The summed E-state index contributed by atoms with van der Waals surface area (Å²) in [6, 6.07) is 14.6. The van der Waals surface area contributed by atoms with Crippen molar-refractivity contribution < 1.29 is 31.1 Å². The van der Waals surface area contributed by atoms with Crippen molar-refractivity contribution in [2.75, 3.05) is 17.3 Å². The molecule has 0 radical (unpaired) electrons. The van der Waals surface area contributed by atoms with Crippen LogP contribution in [0.3, 0.4) is 0 Å². The second-order valence-electron chi connectivity index (χ2n) is 6.99. The molecule has 3 rings (SSSR count). The van der Waals surface area contributed by atoms with Gasteiger partial charge in [-0.15, -0.1) is 0 Å². The van der Waals surface area contributed by atoms with E-state index in [1.54, 1.807) is 24.3 Å². The number of ether oxygens (including phenoxy) is 1. The van der Waals surface area contributed by atoms with Crippen LogP contribution in [0.4, 0.5) is 24.5 Å². The molecule has 0 aliphatic heterocycles. The number of hydrazine groups is 1. The summed E-state index contributed by atoms with van der Waals surface area (Å²) in [6.07, 6.45) is -4.54. The molecule has 11 heteroatoms. The minimum absolute atomic E-state index is 0.000527. The lowest BCUT2D eigenvalue weighted by molar-refractivity contribution is -0.137. The third-order valence-electron chi connectivity index (χ3n) is 4.53. The zero-order valence-corrected chi connectivity index (χ0v) is 18.3. The highest BCUT2D eigenvalue weighted by molar-refractivity contribution is 7.92. The number of hydrogen-bond donors (Lipinski definition) is 3. The largest absolute Gasteiger partial charge is 0.495 e. The Balaban J connectivity index is 1.81. The molecule has 0 fully saturated rings. The van der Waals surface area contributed by atoms with Crippen LogP contribution in [-0.2, 0) is 16.2 Å². The number of sulfonamides is 1. The van der Waals surface area contributed by atoms with Gasteiger partial charge < -0.3 is 4.74 Å². The number of benzene rings is 3. The van der Waals surface area contributed by atoms with Crippen LogP contribution in [0.5, 0.6) is 5.75 Å². The first-order valence-corrected chi connectivity index (χ1v) is 11.0. The van der Waals surface area contributed by atoms with Gasteiger partial charge in [-0.3, -0.25) is 20.4 Å². The van der Waals surface area contributed by atoms with Crippen molar-refractivity contribution in [3.63, 3.8) is 0 Å². The van der Waals surface area contributed by atoms with E-state index < -0.39 is 27.7 Å². The topological polar surface area (TPSA) is 96.5 Å². The predicted molar refractivity (Wildman–Crippen MR) is 118 cm³/mol. The number of aryl methyl sites for hydroxylation is 1. The van der Waals surface area contributed by atoms with Gasteiger partial charge in [0.2, 0.25) is 0 Å². The number of anilines is 2. The average molecular weight is 479 g/mol. The molecular formula is C22H20F3N3O4S. The molecule has 0 saturated carbocycles. The molecule has 0 aliphatic carbocycles. The van der Waals surface area contributed by atoms with Crippen LogP contribution in [0.1, 0.15) is 21.5 Å². The molecule has 0 bridgehead atoms. The van der Waals surface area contributed by atoms with E-state index >= 15 is 0 Å². The molecular weight excluding hydrogens is 459 g/mol. The Morgan fingerprint density at radius 2 is 1.64 bits per heavy atom. The van der Waals surface area contributed by atoms with E-state index in [1.165, 1.54) is 31.4 Å². The highest BCUT2D eigenvalue weighted by atomic mass is 32.2. The van der Waals surface area contributed by atoms with Crippen LogP contribution in [-0.4, -0.2) is 21.4 Å². The van der Waals surface area contributed by atoms with Crippen LogP contribution in [0.15, 0.2) is 71.6 Å². The van der Waals surface area contributed by atoms with Gasteiger partial charge in [-0.25, -0.2) is 8.42 Å². The summed E-state index contributed by atoms with van der Waals surface area (Å²) < 4.78 is 71.9. The van der Waals surface area contributed by atoms with E-state index in [1.807, 2.05) is 6.92 Å². The fraction of sp³-hybridized carbons (Fsp3) is 0.136.